The second-order valence-corrected chi connectivity index (χ2v) is 8.41. The fraction of sp³-hybridized carbons (Fsp3) is 0.812. The number of methoxy groups -OCH3 is 2. The van der Waals surface area contributed by atoms with E-state index in [1.165, 1.54) is 0 Å². The first-order chi connectivity index (χ1) is 11.3. The van der Waals surface area contributed by atoms with Gasteiger partial charge >= 0.3 is 0 Å². The molecule has 1 heterocycles. The summed E-state index contributed by atoms with van der Waals surface area (Å²) in [6, 6.07) is 0. The molecule has 0 spiro atoms. The van der Waals surface area contributed by atoms with E-state index >= 15 is 0 Å². The van der Waals surface area contributed by atoms with Gasteiger partial charge in [0.2, 0.25) is 15.0 Å². The molecule has 0 fully saturated rings. The maximum absolute atomic E-state index is 12.6. The number of rotatable bonds is 12. The van der Waals surface area contributed by atoms with Crippen LogP contribution in [-0.4, -0.2) is 69.6 Å². The molecule has 0 N–H and O–H groups in total. The number of ether oxygens (including phenoxy) is 2. The lowest BCUT2D eigenvalue weighted by atomic mass is 10.2. The number of hydrogen-bond acceptors (Lipinski definition) is 6. The molecular formula is C16H31N3O4S. The zero-order valence-electron chi connectivity index (χ0n) is 15.5. The van der Waals surface area contributed by atoms with Crippen LogP contribution < -0.4 is 0 Å². The highest BCUT2D eigenvalue weighted by atomic mass is 32.2. The summed E-state index contributed by atoms with van der Waals surface area (Å²) in [6.07, 6.45) is 2.28. The molecule has 0 aliphatic carbocycles. The molecule has 8 heteroatoms. The van der Waals surface area contributed by atoms with Gasteiger partial charge < -0.3 is 14.0 Å². The van der Waals surface area contributed by atoms with Crippen molar-refractivity contribution >= 4 is 9.84 Å². The van der Waals surface area contributed by atoms with Crippen molar-refractivity contribution in [2.24, 2.45) is 5.92 Å². The lowest BCUT2D eigenvalue weighted by Crippen LogP contribution is -2.25. The number of sulfone groups is 1. The minimum absolute atomic E-state index is 0.119. The van der Waals surface area contributed by atoms with Gasteiger partial charge in [-0.25, -0.2) is 13.4 Å². The minimum atomic E-state index is -3.40. The van der Waals surface area contributed by atoms with Gasteiger partial charge in [-0.3, -0.25) is 4.90 Å². The third-order valence-corrected chi connectivity index (χ3v) is 5.43. The number of likely N-dealkylation sites (N-methyl/N-ethyl adjacent to an activating group) is 1. The number of aromatic nitrogens is 2. The van der Waals surface area contributed by atoms with Crippen molar-refractivity contribution in [2.45, 2.75) is 38.5 Å². The molecule has 140 valence electrons. The molecular weight excluding hydrogens is 330 g/mol. The Kier molecular flexibility index (Phi) is 8.90. The van der Waals surface area contributed by atoms with Crippen LogP contribution in [0, 0.1) is 5.92 Å². The maximum atomic E-state index is 12.6. The summed E-state index contributed by atoms with van der Waals surface area (Å²) in [4.78, 5) is 6.29. The molecule has 24 heavy (non-hydrogen) atoms. The predicted octanol–water partition coefficient (Wildman–Crippen LogP) is 1.43. The monoisotopic (exact) mass is 361 g/mol. The maximum Gasteiger partial charge on any atom is 0.227 e. The molecule has 0 aromatic carbocycles. The first-order valence-electron chi connectivity index (χ1n) is 8.25. The van der Waals surface area contributed by atoms with Gasteiger partial charge in [0.15, 0.2) is 0 Å². The molecule has 0 atom stereocenters. The molecule has 1 aromatic rings. The zero-order chi connectivity index (χ0) is 18.2. The van der Waals surface area contributed by atoms with Crippen LogP contribution in [0.2, 0.25) is 0 Å². The van der Waals surface area contributed by atoms with Gasteiger partial charge in [0.05, 0.1) is 30.9 Å². The Bertz CT molecular complexity index is 584. The van der Waals surface area contributed by atoms with E-state index in [9.17, 15) is 8.42 Å². The number of hydrogen-bond donors (Lipinski definition) is 0. The molecule has 1 aromatic heterocycles. The molecule has 0 unspecified atom stereocenters. The van der Waals surface area contributed by atoms with Gasteiger partial charge in [-0.05, 0) is 19.4 Å². The van der Waals surface area contributed by atoms with Crippen molar-refractivity contribution in [3.05, 3.63) is 11.9 Å². The summed E-state index contributed by atoms with van der Waals surface area (Å²) in [7, 11) is 1.84. The number of nitrogens with zero attached hydrogens (tertiary/aromatic N) is 3. The first kappa shape index (κ1) is 21.1. The fourth-order valence-corrected chi connectivity index (χ4v) is 3.99. The van der Waals surface area contributed by atoms with Crippen LogP contribution in [0.4, 0.5) is 0 Å². The smallest absolute Gasteiger partial charge is 0.227 e. The highest BCUT2D eigenvalue weighted by Gasteiger charge is 2.23. The van der Waals surface area contributed by atoms with Crippen molar-refractivity contribution in [2.75, 3.05) is 46.8 Å². The predicted molar refractivity (Wildman–Crippen MR) is 93.8 cm³/mol. The van der Waals surface area contributed by atoms with Crippen LogP contribution in [0.1, 0.15) is 26.0 Å². The van der Waals surface area contributed by atoms with Crippen LogP contribution >= 0.6 is 0 Å². The van der Waals surface area contributed by atoms with Gasteiger partial charge in [-0.15, -0.1) is 0 Å². The highest BCUT2D eigenvalue weighted by Crippen LogP contribution is 2.17. The van der Waals surface area contributed by atoms with Crippen molar-refractivity contribution < 1.29 is 17.9 Å². The van der Waals surface area contributed by atoms with E-state index in [-0.39, 0.29) is 10.9 Å². The summed E-state index contributed by atoms with van der Waals surface area (Å²) in [5, 5.41) is 0.148. The molecule has 0 saturated carbocycles. The van der Waals surface area contributed by atoms with E-state index in [0.717, 1.165) is 12.2 Å². The summed E-state index contributed by atoms with van der Waals surface area (Å²) in [5.41, 5.74) is 0.869. The van der Waals surface area contributed by atoms with Gasteiger partial charge in [0.25, 0.3) is 0 Å². The van der Waals surface area contributed by atoms with E-state index in [1.807, 2.05) is 20.9 Å². The first-order valence-corrected chi connectivity index (χ1v) is 9.90. The van der Waals surface area contributed by atoms with Crippen LogP contribution in [0.25, 0.3) is 0 Å². The summed E-state index contributed by atoms with van der Waals surface area (Å²) in [6.45, 7) is 6.95. The highest BCUT2D eigenvalue weighted by molar-refractivity contribution is 7.91. The van der Waals surface area contributed by atoms with Crippen molar-refractivity contribution in [3.63, 3.8) is 0 Å². The van der Waals surface area contributed by atoms with Crippen molar-refractivity contribution in [1.82, 2.24) is 14.5 Å². The fourth-order valence-electron chi connectivity index (χ4n) is 2.27. The lowest BCUT2D eigenvalue weighted by molar-refractivity contribution is 0.155. The van der Waals surface area contributed by atoms with Crippen molar-refractivity contribution in [1.29, 1.82) is 0 Å². The SMILES string of the molecule is COCCN(C)Cc1cnc(S(=O)(=O)CCC(C)C)n1CCOC. The Morgan fingerprint density at radius 2 is 1.92 bits per heavy atom. The molecule has 0 saturated heterocycles. The zero-order valence-corrected chi connectivity index (χ0v) is 16.3. The Balaban J connectivity index is 2.99. The summed E-state index contributed by atoms with van der Waals surface area (Å²) in [5.74, 6) is 0.454. The van der Waals surface area contributed by atoms with Gasteiger partial charge in [-0.2, -0.15) is 0 Å². The largest absolute Gasteiger partial charge is 0.383 e. The lowest BCUT2D eigenvalue weighted by Gasteiger charge is -2.18. The van der Waals surface area contributed by atoms with E-state index in [1.54, 1.807) is 25.0 Å². The average Bonchev–Trinajstić information content (AvgIpc) is 2.92. The van der Waals surface area contributed by atoms with Gasteiger partial charge in [-0.1, -0.05) is 13.8 Å². The standard InChI is InChI=1S/C16H31N3O4S/c1-14(2)6-11-24(20,21)16-17-12-15(19(16)8-10-23-5)13-18(3)7-9-22-4/h12,14H,6-11,13H2,1-5H3. The Hall–Kier alpha value is -0.960. The molecule has 0 aliphatic rings. The van der Waals surface area contributed by atoms with Crippen LogP contribution in [0.15, 0.2) is 11.4 Å². The second-order valence-electron chi connectivity index (χ2n) is 6.41. The summed E-state index contributed by atoms with van der Waals surface area (Å²) >= 11 is 0. The number of imidazole rings is 1. The molecule has 7 nitrogen and oxygen atoms in total. The second kappa shape index (κ2) is 10.1. The van der Waals surface area contributed by atoms with E-state index in [4.69, 9.17) is 9.47 Å². The Labute approximate surface area is 145 Å². The third-order valence-electron chi connectivity index (χ3n) is 3.77. The molecule has 0 radical (unpaired) electrons. The third kappa shape index (κ3) is 6.51. The van der Waals surface area contributed by atoms with Gasteiger partial charge in [0, 0.05) is 33.9 Å². The Morgan fingerprint density at radius 1 is 1.25 bits per heavy atom. The Morgan fingerprint density at radius 3 is 2.50 bits per heavy atom. The van der Waals surface area contributed by atoms with Crippen LogP contribution in [0.5, 0.6) is 0 Å². The average molecular weight is 362 g/mol. The van der Waals surface area contributed by atoms with E-state index in [2.05, 4.69) is 9.88 Å². The van der Waals surface area contributed by atoms with Crippen molar-refractivity contribution in [3.8, 4) is 0 Å². The topological polar surface area (TPSA) is 73.7 Å². The van der Waals surface area contributed by atoms with Gasteiger partial charge in [0.1, 0.15) is 0 Å². The van der Waals surface area contributed by atoms with E-state index < -0.39 is 9.84 Å². The quantitative estimate of drug-likeness (QED) is 0.561. The molecule has 0 amide bonds. The normalized spacial score (nSPS) is 12.5. The van der Waals surface area contributed by atoms with E-state index in [0.29, 0.717) is 38.6 Å². The molecule has 1 rings (SSSR count). The minimum Gasteiger partial charge on any atom is -0.383 e. The molecule has 0 bridgehead atoms. The molecule has 0 aliphatic heterocycles. The summed E-state index contributed by atoms with van der Waals surface area (Å²) < 4.78 is 37.2. The van der Waals surface area contributed by atoms with Crippen LogP contribution in [0.3, 0.4) is 0 Å². The van der Waals surface area contributed by atoms with Crippen LogP contribution in [-0.2, 0) is 32.4 Å².